The lowest BCUT2D eigenvalue weighted by Gasteiger charge is -2.41. The summed E-state index contributed by atoms with van der Waals surface area (Å²) in [6, 6.07) is 4.64. The van der Waals surface area contributed by atoms with E-state index in [1.54, 1.807) is 4.90 Å². The normalized spacial score (nSPS) is 24.6. The Bertz CT molecular complexity index is 1090. The molecule has 7 heteroatoms. The minimum Gasteiger partial charge on any atom is -0.393 e. The molecular formula is C26H36N4O3. The number of amides is 2. The Hall–Kier alpha value is -2.41. The summed E-state index contributed by atoms with van der Waals surface area (Å²) in [4.78, 5) is 34.8. The second-order valence-corrected chi connectivity index (χ2v) is 11.2. The van der Waals surface area contributed by atoms with E-state index < -0.39 is 0 Å². The smallest absolute Gasteiger partial charge is 0.290 e. The Morgan fingerprint density at radius 3 is 2.36 bits per heavy atom. The average molecular weight is 453 g/mol. The monoisotopic (exact) mass is 452 g/mol. The van der Waals surface area contributed by atoms with E-state index in [0.717, 1.165) is 36.7 Å². The number of carbonyl (C=O) groups is 2. The summed E-state index contributed by atoms with van der Waals surface area (Å²) in [7, 11) is 1.91. The lowest BCUT2D eigenvalue weighted by molar-refractivity contribution is -0.138. The molecule has 0 bridgehead atoms. The van der Waals surface area contributed by atoms with Gasteiger partial charge >= 0.3 is 0 Å². The van der Waals surface area contributed by atoms with Crippen LogP contribution >= 0.6 is 0 Å². The molecule has 2 aliphatic carbocycles. The van der Waals surface area contributed by atoms with Gasteiger partial charge in [-0.3, -0.25) is 9.59 Å². The number of aliphatic hydroxyl groups excluding tert-OH is 1. The zero-order valence-electron chi connectivity index (χ0n) is 20.3. The number of aryl methyl sites for hydroxylation is 1. The second-order valence-electron chi connectivity index (χ2n) is 11.2. The Morgan fingerprint density at radius 2 is 1.76 bits per heavy atom. The number of imidazole rings is 1. The molecule has 1 aliphatic heterocycles. The van der Waals surface area contributed by atoms with Gasteiger partial charge in [0.2, 0.25) is 5.91 Å². The van der Waals surface area contributed by atoms with Crippen molar-refractivity contribution in [2.24, 2.45) is 7.05 Å². The Labute approximate surface area is 195 Å². The van der Waals surface area contributed by atoms with Crippen molar-refractivity contribution in [2.75, 3.05) is 19.6 Å². The van der Waals surface area contributed by atoms with Gasteiger partial charge in [0.25, 0.3) is 5.91 Å². The summed E-state index contributed by atoms with van der Waals surface area (Å²) >= 11 is 0. The van der Waals surface area contributed by atoms with Crippen LogP contribution < -0.4 is 0 Å². The standard InChI is InChI=1S/C26H36N4O3/c1-26(2,3)17-13-20(16-5-6-16)23-21(14-17)28(4)24(27-23)25(33)29-11-12-30(22(32)15-29)18-7-9-19(31)10-8-18/h13-14,16,18-19,31H,5-12,15H2,1-4H3. The van der Waals surface area contributed by atoms with Crippen LogP contribution in [0.2, 0.25) is 0 Å². The summed E-state index contributed by atoms with van der Waals surface area (Å²) in [5.74, 6) is 0.787. The van der Waals surface area contributed by atoms with Crippen molar-refractivity contribution in [1.29, 1.82) is 0 Å². The molecule has 2 saturated carbocycles. The van der Waals surface area contributed by atoms with Gasteiger partial charge in [0.05, 0.1) is 17.1 Å². The molecule has 178 valence electrons. The number of nitrogens with zero attached hydrogens (tertiary/aromatic N) is 4. The first-order chi connectivity index (χ1) is 15.6. The molecule has 2 amide bonds. The van der Waals surface area contributed by atoms with Crippen LogP contribution in [0, 0.1) is 0 Å². The van der Waals surface area contributed by atoms with Crippen molar-refractivity contribution >= 4 is 22.8 Å². The maximum atomic E-state index is 13.5. The molecule has 33 heavy (non-hydrogen) atoms. The van der Waals surface area contributed by atoms with Crippen LogP contribution in [0.4, 0.5) is 0 Å². The molecule has 3 aliphatic rings. The molecule has 2 heterocycles. The minimum atomic E-state index is -0.240. The highest BCUT2D eigenvalue weighted by Gasteiger charge is 2.36. The third-order valence-electron chi connectivity index (χ3n) is 7.74. The SMILES string of the molecule is Cn1c(C(=O)N2CCN(C3CCC(O)CC3)C(=O)C2)nc2c(C3CC3)cc(C(C)(C)C)cc21. The van der Waals surface area contributed by atoms with Gasteiger partial charge in [0, 0.05) is 26.2 Å². The van der Waals surface area contributed by atoms with Gasteiger partial charge in [0.15, 0.2) is 5.82 Å². The van der Waals surface area contributed by atoms with E-state index in [1.165, 1.54) is 24.0 Å². The van der Waals surface area contributed by atoms with Gasteiger partial charge in [0.1, 0.15) is 6.54 Å². The van der Waals surface area contributed by atoms with Crippen molar-refractivity contribution in [3.05, 3.63) is 29.1 Å². The third-order valence-corrected chi connectivity index (χ3v) is 7.74. The zero-order valence-corrected chi connectivity index (χ0v) is 20.3. The number of carbonyl (C=O) groups excluding carboxylic acids is 2. The number of fused-ring (bicyclic) bond motifs is 1. The Balaban J connectivity index is 1.39. The highest BCUT2D eigenvalue weighted by atomic mass is 16.3. The molecule has 7 nitrogen and oxygen atoms in total. The number of benzene rings is 1. The molecule has 2 aromatic rings. The summed E-state index contributed by atoms with van der Waals surface area (Å²) in [6.45, 7) is 7.82. The fourth-order valence-corrected chi connectivity index (χ4v) is 5.40. The van der Waals surface area contributed by atoms with Gasteiger partial charge in [-0.2, -0.15) is 0 Å². The maximum absolute atomic E-state index is 13.5. The van der Waals surface area contributed by atoms with Gasteiger partial charge in [-0.05, 0) is 67.1 Å². The van der Waals surface area contributed by atoms with Crippen LogP contribution in [0.3, 0.4) is 0 Å². The lowest BCUT2D eigenvalue weighted by Crippen LogP contribution is -2.56. The lowest BCUT2D eigenvalue weighted by atomic mass is 9.85. The van der Waals surface area contributed by atoms with Crippen LogP contribution in [0.15, 0.2) is 12.1 Å². The number of aromatic nitrogens is 2. The van der Waals surface area contributed by atoms with Crippen molar-refractivity contribution in [1.82, 2.24) is 19.4 Å². The summed E-state index contributed by atoms with van der Waals surface area (Å²) in [5.41, 5.74) is 4.47. The van der Waals surface area contributed by atoms with Crippen LogP contribution in [-0.4, -0.2) is 68.1 Å². The molecule has 1 aromatic heterocycles. The van der Waals surface area contributed by atoms with E-state index in [2.05, 4.69) is 32.9 Å². The molecule has 0 spiro atoms. The molecule has 5 rings (SSSR count). The van der Waals surface area contributed by atoms with Crippen molar-refractivity contribution in [2.45, 2.75) is 82.8 Å². The fourth-order valence-electron chi connectivity index (χ4n) is 5.40. The van der Waals surface area contributed by atoms with Crippen molar-refractivity contribution in [3.63, 3.8) is 0 Å². The third kappa shape index (κ3) is 4.16. The Kier molecular flexibility index (Phi) is 5.51. The highest BCUT2D eigenvalue weighted by molar-refractivity contribution is 5.98. The summed E-state index contributed by atoms with van der Waals surface area (Å²) in [6.07, 6.45) is 5.29. The van der Waals surface area contributed by atoms with E-state index in [9.17, 15) is 14.7 Å². The van der Waals surface area contributed by atoms with E-state index in [4.69, 9.17) is 4.98 Å². The second kappa shape index (κ2) is 8.12. The molecular weight excluding hydrogens is 416 g/mol. The van der Waals surface area contributed by atoms with E-state index in [0.29, 0.717) is 24.8 Å². The molecule has 3 fully saturated rings. The first-order valence-electron chi connectivity index (χ1n) is 12.4. The summed E-state index contributed by atoms with van der Waals surface area (Å²) < 4.78 is 1.91. The van der Waals surface area contributed by atoms with Gasteiger partial charge in [-0.25, -0.2) is 4.98 Å². The quantitative estimate of drug-likeness (QED) is 0.775. The molecule has 1 aromatic carbocycles. The van der Waals surface area contributed by atoms with Gasteiger partial charge < -0.3 is 19.5 Å². The van der Waals surface area contributed by atoms with Crippen LogP contribution in [-0.2, 0) is 17.3 Å². The number of rotatable bonds is 3. The summed E-state index contributed by atoms with van der Waals surface area (Å²) in [5, 5.41) is 9.77. The van der Waals surface area contributed by atoms with E-state index >= 15 is 0 Å². The highest BCUT2D eigenvalue weighted by Crippen LogP contribution is 2.44. The molecule has 0 unspecified atom stereocenters. The van der Waals surface area contributed by atoms with Crippen molar-refractivity contribution < 1.29 is 14.7 Å². The molecule has 0 radical (unpaired) electrons. The van der Waals surface area contributed by atoms with Crippen LogP contribution in [0.1, 0.15) is 87.0 Å². The number of hydrogen-bond acceptors (Lipinski definition) is 4. The maximum Gasteiger partial charge on any atom is 0.290 e. The predicted molar refractivity (Wildman–Crippen MR) is 127 cm³/mol. The van der Waals surface area contributed by atoms with Crippen LogP contribution in [0.5, 0.6) is 0 Å². The fraction of sp³-hybridized carbons (Fsp3) is 0.654. The van der Waals surface area contributed by atoms with E-state index in [-0.39, 0.29) is 35.9 Å². The molecule has 1 N–H and O–H groups in total. The van der Waals surface area contributed by atoms with Crippen LogP contribution in [0.25, 0.3) is 11.0 Å². The molecule has 1 saturated heterocycles. The number of aliphatic hydroxyl groups is 1. The van der Waals surface area contributed by atoms with E-state index in [1.807, 2.05) is 16.5 Å². The average Bonchev–Trinajstić information content (AvgIpc) is 3.56. The number of piperazine rings is 1. The number of hydrogen-bond donors (Lipinski definition) is 1. The largest absolute Gasteiger partial charge is 0.393 e. The minimum absolute atomic E-state index is 0.00319. The zero-order chi connectivity index (χ0) is 23.5. The van der Waals surface area contributed by atoms with Crippen molar-refractivity contribution in [3.8, 4) is 0 Å². The topological polar surface area (TPSA) is 78.7 Å². The Morgan fingerprint density at radius 1 is 1.06 bits per heavy atom. The predicted octanol–water partition coefficient (Wildman–Crippen LogP) is 3.34. The van der Waals surface area contributed by atoms with Gasteiger partial charge in [-0.1, -0.05) is 26.8 Å². The first-order valence-corrected chi connectivity index (χ1v) is 12.4. The first kappa shape index (κ1) is 22.4. The molecule has 0 atom stereocenters. The van der Waals surface area contributed by atoms with Gasteiger partial charge in [-0.15, -0.1) is 0 Å².